The van der Waals surface area contributed by atoms with Crippen LogP contribution >= 0.6 is 0 Å². The fraction of sp³-hybridized carbons (Fsp3) is 0.381. The van der Waals surface area contributed by atoms with E-state index in [1.54, 1.807) is 18.2 Å². The molecule has 3 N–H and O–H groups in total. The topological polar surface area (TPSA) is 118 Å². The van der Waals surface area contributed by atoms with Gasteiger partial charge in [0, 0.05) is 24.7 Å². The van der Waals surface area contributed by atoms with Crippen molar-refractivity contribution in [2.45, 2.75) is 32.4 Å². The van der Waals surface area contributed by atoms with Crippen LogP contribution < -0.4 is 5.32 Å². The molecule has 0 saturated carbocycles. The number of hydrogen-bond acceptors (Lipinski definition) is 8. The van der Waals surface area contributed by atoms with Gasteiger partial charge in [0.1, 0.15) is 5.75 Å². The molecule has 29 heavy (non-hydrogen) atoms. The van der Waals surface area contributed by atoms with E-state index in [0.29, 0.717) is 47.0 Å². The molecular weight excluding hydrogens is 370 g/mol. The highest BCUT2D eigenvalue weighted by Crippen LogP contribution is 2.33. The quantitative estimate of drug-likeness (QED) is 0.619. The lowest BCUT2D eigenvalue weighted by Crippen LogP contribution is -2.48. The number of phenolic OH excluding ortho intramolecular Hbond substituents is 1. The molecule has 1 fully saturated rings. The van der Waals surface area contributed by atoms with Crippen LogP contribution in [0.25, 0.3) is 22.5 Å². The van der Waals surface area contributed by atoms with Gasteiger partial charge < -0.3 is 19.9 Å². The van der Waals surface area contributed by atoms with Crippen molar-refractivity contribution in [3.8, 4) is 23.1 Å². The predicted molar refractivity (Wildman–Crippen MR) is 109 cm³/mol. The number of likely N-dealkylation sites (tertiary alicyclic amines) is 1. The highest BCUT2D eigenvalue weighted by Gasteiger charge is 2.26. The highest BCUT2D eigenvalue weighted by atomic mass is 16.4. The SMILES string of the molecule is CCN1C[C@@H](O)C[C@@H](Nc2nc3nc(-c4c(C)cc(C#N)cc4O)ccc3o2)C1. The summed E-state index contributed by atoms with van der Waals surface area (Å²) in [5.41, 5.74) is 3.24. The summed E-state index contributed by atoms with van der Waals surface area (Å²) < 4.78 is 5.77. The summed E-state index contributed by atoms with van der Waals surface area (Å²) in [6, 6.07) is 9.10. The Morgan fingerprint density at radius 1 is 1.31 bits per heavy atom. The van der Waals surface area contributed by atoms with E-state index in [-0.39, 0.29) is 17.9 Å². The minimum absolute atomic E-state index is 0.00564. The Balaban J connectivity index is 1.61. The van der Waals surface area contributed by atoms with Crippen molar-refractivity contribution in [2.75, 3.05) is 25.0 Å². The fourth-order valence-corrected chi connectivity index (χ4v) is 3.88. The second kappa shape index (κ2) is 7.70. The van der Waals surface area contributed by atoms with Crippen LogP contribution in [0.15, 0.2) is 28.7 Å². The number of β-amino-alcohol motifs (C(OH)–C–C–N with tert-alkyl or cyclic N) is 1. The van der Waals surface area contributed by atoms with Crippen molar-refractivity contribution in [3.05, 3.63) is 35.4 Å². The van der Waals surface area contributed by atoms with E-state index in [9.17, 15) is 10.2 Å². The first kappa shape index (κ1) is 19.2. The third-order valence-corrected chi connectivity index (χ3v) is 5.23. The summed E-state index contributed by atoms with van der Waals surface area (Å²) in [4.78, 5) is 11.2. The van der Waals surface area contributed by atoms with Crippen LogP contribution in [0.2, 0.25) is 0 Å². The van der Waals surface area contributed by atoms with Gasteiger partial charge in [-0.1, -0.05) is 6.92 Å². The van der Waals surface area contributed by atoms with Crippen LogP contribution in [0.1, 0.15) is 24.5 Å². The van der Waals surface area contributed by atoms with Crippen molar-refractivity contribution in [2.24, 2.45) is 0 Å². The van der Waals surface area contributed by atoms with Gasteiger partial charge in [-0.3, -0.25) is 4.90 Å². The number of nitrogens with zero attached hydrogens (tertiary/aromatic N) is 4. The van der Waals surface area contributed by atoms with Gasteiger partial charge in [0.25, 0.3) is 6.01 Å². The lowest BCUT2D eigenvalue weighted by Gasteiger charge is -2.34. The molecule has 3 heterocycles. The first-order valence-electron chi connectivity index (χ1n) is 9.65. The molecule has 0 spiro atoms. The smallest absolute Gasteiger partial charge is 0.297 e. The Morgan fingerprint density at radius 3 is 2.86 bits per heavy atom. The summed E-state index contributed by atoms with van der Waals surface area (Å²) >= 11 is 0. The zero-order valence-corrected chi connectivity index (χ0v) is 16.4. The number of likely N-dealkylation sites (N-methyl/N-ethyl adjacent to an activating group) is 1. The monoisotopic (exact) mass is 393 g/mol. The maximum absolute atomic E-state index is 10.3. The van der Waals surface area contributed by atoms with E-state index in [2.05, 4.69) is 27.1 Å². The van der Waals surface area contributed by atoms with Crippen molar-refractivity contribution in [3.63, 3.8) is 0 Å². The maximum Gasteiger partial charge on any atom is 0.297 e. The van der Waals surface area contributed by atoms with Gasteiger partial charge in [-0.05, 0) is 49.7 Å². The molecule has 1 aliphatic rings. The van der Waals surface area contributed by atoms with Gasteiger partial charge in [-0.25, -0.2) is 4.98 Å². The Hall–Kier alpha value is -3.15. The Kier molecular flexibility index (Phi) is 5.09. The number of nitrogens with one attached hydrogen (secondary N) is 1. The first-order valence-corrected chi connectivity index (χ1v) is 9.65. The van der Waals surface area contributed by atoms with Crippen LogP contribution in [0.5, 0.6) is 5.75 Å². The molecule has 0 aliphatic carbocycles. The van der Waals surface area contributed by atoms with Crippen molar-refractivity contribution < 1.29 is 14.6 Å². The molecule has 0 bridgehead atoms. The molecule has 2 atom stereocenters. The third-order valence-electron chi connectivity index (χ3n) is 5.23. The molecule has 0 unspecified atom stereocenters. The summed E-state index contributed by atoms with van der Waals surface area (Å²) in [5, 5.41) is 32.7. The molecule has 0 amide bonds. The number of pyridine rings is 1. The van der Waals surface area contributed by atoms with Crippen LogP contribution in [-0.4, -0.2) is 56.9 Å². The zero-order chi connectivity index (χ0) is 20.5. The third kappa shape index (κ3) is 3.88. The van der Waals surface area contributed by atoms with Crippen LogP contribution in [0.4, 0.5) is 6.01 Å². The number of aliphatic hydroxyl groups excluding tert-OH is 1. The molecule has 8 nitrogen and oxygen atoms in total. The van der Waals surface area contributed by atoms with E-state index in [1.807, 2.05) is 13.0 Å². The predicted octanol–water partition coefficient (Wildman–Crippen LogP) is 2.64. The number of phenols is 1. The summed E-state index contributed by atoms with van der Waals surface area (Å²) in [6.45, 7) is 6.26. The molecule has 2 aromatic heterocycles. The van der Waals surface area contributed by atoms with Crippen LogP contribution in [0, 0.1) is 18.3 Å². The Bertz CT molecular complexity index is 1060. The molecule has 1 saturated heterocycles. The number of benzene rings is 1. The van der Waals surface area contributed by atoms with E-state index >= 15 is 0 Å². The van der Waals surface area contributed by atoms with Gasteiger partial charge in [-0.15, -0.1) is 0 Å². The van der Waals surface area contributed by atoms with E-state index in [4.69, 9.17) is 9.68 Å². The van der Waals surface area contributed by atoms with Gasteiger partial charge in [0.05, 0.1) is 23.4 Å². The number of aromatic hydroxyl groups is 1. The average Bonchev–Trinajstić information content (AvgIpc) is 3.08. The number of hydrogen-bond donors (Lipinski definition) is 3. The number of aromatic nitrogens is 2. The number of anilines is 1. The highest BCUT2D eigenvalue weighted by molar-refractivity contribution is 5.78. The molecule has 3 aromatic rings. The Labute approximate surface area is 168 Å². The summed E-state index contributed by atoms with van der Waals surface area (Å²) in [6.07, 6.45) is 0.254. The van der Waals surface area contributed by atoms with E-state index < -0.39 is 0 Å². The molecule has 0 radical (unpaired) electrons. The number of rotatable bonds is 4. The Morgan fingerprint density at radius 2 is 2.14 bits per heavy atom. The second-order valence-corrected chi connectivity index (χ2v) is 7.42. The second-order valence-electron chi connectivity index (χ2n) is 7.42. The molecular formula is C21H23N5O3. The molecule has 150 valence electrons. The number of nitriles is 1. The van der Waals surface area contributed by atoms with Gasteiger partial charge in [-0.2, -0.15) is 10.2 Å². The van der Waals surface area contributed by atoms with Gasteiger partial charge >= 0.3 is 0 Å². The standard InChI is InChI=1S/C21H23N5O3/c1-3-26-10-14(8-15(27)11-26)23-21-25-20-18(29-21)5-4-16(24-20)19-12(2)6-13(9-22)7-17(19)28/h4-7,14-15,27-28H,3,8,10-11H2,1-2H3,(H,23,24,25)/t14-,15+/m1/s1. The van der Waals surface area contributed by atoms with E-state index in [0.717, 1.165) is 18.7 Å². The molecule has 4 rings (SSSR count). The average molecular weight is 393 g/mol. The maximum atomic E-state index is 10.3. The lowest BCUT2D eigenvalue weighted by molar-refractivity contribution is 0.0667. The van der Waals surface area contributed by atoms with Gasteiger partial charge in [0.15, 0.2) is 5.58 Å². The molecule has 1 aliphatic heterocycles. The zero-order valence-electron chi connectivity index (χ0n) is 16.4. The largest absolute Gasteiger partial charge is 0.507 e. The number of aryl methyl sites for hydroxylation is 1. The normalized spacial score (nSPS) is 19.9. The minimum atomic E-state index is -0.377. The number of oxazole rings is 1. The fourth-order valence-electron chi connectivity index (χ4n) is 3.88. The summed E-state index contributed by atoms with van der Waals surface area (Å²) in [7, 11) is 0. The summed E-state index contributed by atoms with van der Waals surface area (Å²) in [5.74, 6) is 0.00564. The van der Waals surface area contributed by atoms with Gasteiger partial charge in [0.2, 0.25) is 5.65 Å². The van der Waals surface area contributed by atoms with Crippen molar-refractivity contribution in [1.82, 2.24) is 14.9 Å². The molecule has 8 heteroatoms. The van der Waals surface area contributed by atoms with Crippen LogP contribution in [-0.2, 0) is 0 Å². The first-order chi connectivity index (χ1) is 14.0. The van der Waals surface area contributed by atoms with E-state index in [1.165, 1.54) is 6.07 Å². The van der Waals surface area contributed by atoms with Crippen molar-refractivity contribution in [1.29, 1.82) is 5.26 Å². The number of aliphatic hydroxyl groups is 1. The lowest BCUT2D eigenvalue weighted by atomic mass is 10.0. The number of piperidine rings is 1. The minimum Gasteiger partial charge on any atom is -0.507 e. The van der Waals surface area contributed by atoms with Crippen molar-refractivity contribution >= 4 is 17.2 Å². The number of fused-ring (bicyclic) bond motifs is 1. The molecule has 1 aromatic carbocycles. The van der Waals surface area contributed by atoms with Crippen LogP contribution in [0.3, 0.4) is 0 Å².